The van der Waals surface area contributed by atoms with Crippen LogP contribution in [0.3, 0.4) is 0 Å². The lowest BCUT2D eigenvalue weighted by Crippen LogP contribution is -2.24. The maximum atomic E-state index is 11.5. The van der Waals surface area contributed by atoms with Gasteiger partial charge < -0.3 is 10.1 Å². The first-order chi connectivity index (χ1) is 10.0. The van der Waals surface area contributed by atoms with E-state index in [9.17, 15) is 4.79 Å². The van der Waals surface area contributed by atoms with Gasteiger partial charge in [-0.2, -0.15) is 0 Å². The quantitative estimate of drug-likeness (QED) is 0.904. The van der Waals surface area contributed by atoms with Gasteiger partial charge in [-0.3, -0.25) is 9.69 Å². The molecule has 0 radical (unpaired) electrons. The normalized spacial score (nSPS) is 18.8. The number of likely N-dealkylation sites (tertiary alicyclic amines) is 1. The van der Waals surface area contributed by atoms with Crippen molar-refractivity contribution in [1.29, 1.82) is 0 Å². The Morgan fingerprint density at radius 2 is 2.14 bits per heavy atom. The minimum absolute atomic E-state index is 0.151. The second-order valence-electron chi connectivity index (χ2n) is 6.02. The van der Waals surface area contributed by atoms with E-state index >= 15 is 0 Å². The predicted octanol–water partition coefficient (Wildman–Crippen LogP) is 2.27. The summed E-state index contributed by atoms with van der Waals surface area (Å²) in [6.45, 7) is 7.26. The number of ether oxygens (including phenoxy) is 1. The fourth-order valence-electron chi connectivity index (χ4n) is 3.07. The highest BCUT2D eigenvalue weighted by Gasteiger charge is 2.24. The molecule has 21 heavy (non-hydrogen) atoms. The van der Waals surface area contributed by atoms with Crippen LogP contribution in [-0.4, -0.2) is 38.1 Å². The topological polar surface area (TPSA) is 41.6 Å². The zero-order valence-electron chi connectivity index (χ0n) is 13.5. The first kappa shape index (κ1) is 15.8. The minimum atomic E-state index is 0.151. The number of rotatable bonds is 5. The molecular formula is C17H26N2O2. The largest absolute Gasteiger partial charge is 0.496 e. The lowest BCUT2D eigenvalue weighted by atomic mass is 10.0. The number of benzene rings is 1. The van der Waals surface area contributed by atoms with Crippen LogP contribution in [0.15, 0.2) is 12.1 Å². The molecule has 1 heterocycles. The van der Waals surface area contributed by atoms with Gasteiger partial charge in [-0.25, -0.2) is 0 Å². The molecule has 1 aliphatic rings. The highest BCUT2D eigenvalue weighted by atomic mass is 16.5. The average Bonchev–Trinajstić information content (AvgIpc) is 2.89. The molecule has 4 heteroatoms. The summed E-state index contributed by atoms with van der Waals surface area (Å²) in [5.41, 5.74) is 3.81. The standard InChI is InChI=1S/C17H26N2O2/c1-12-8-16(21-4)13(2)7-15(12)11-19-6-5-14(10-19)9-17(20)18-3/h7-8,14H,5-6,9-11H2,1-4H3,(H,18,20)/t14-/m0/s1. The molecule has 1 saturated heterocycles. The van der Waals surface area contributed by atoms with Gasteiger partial charge in [0.2, 0.25) is 5.91 Å². The number of hydrogen-bond donors (Lipinski definition) is 1. The first-order valence-electron chi connectivity index (χ1n) is 7.60. The molecule has 1 N–H and O–H groups in total. The molecular weight excluding hydrogens is 264 g/mol. The number of carbonyl (C=O) groups is 1. The summed E-state index contributed by atoms with van der Waals surface area (Å²) < 4.78 is 5.37. The molecule has 0 aromatic heterocycles. The molecule has 116 valence electrons. The minimum Gasteiger partial charge on any atom is -0.496 e. The van der Waals surface area contributed by atoms with E-state index in [2.05, 4.69) is 36.2 Å². The van der Waals surface area contributed by atoms with Crippen LogP contribution < -0.4 is 10.1 Å². The second kappa shape index (κ2) is 6.94. The predicted molar refractivity (Wildman–Crippen MR) is 84.5 cm³/mol. The van der Waals surface area contributed by atoms with Gasteiger partial charge in [0, 0.05) is 26.6 Å². The molecule has 2 rings (SSSR count). The number of hydrogen-bond acceptors (Lipinski definition) is 3. The molecule has 0 aliphatic carbocycles. The average molecular weight is 290 g/mol. The summed E-state index contributed by atoms with van der Waals surface area (Å²) in [6.07, 6.45) is 1.76. The third-order valence-electron chi connectivity index (χ3n) is 4.37. The molecule has 1 aromatic rings. The zero-order valence-corrected chi connectivity index (χ0v) is 13.5. The Bertz CT molecular complexity index is 514. The van der Waals surface area contributed by atoms with Crippen molar-refractivity contribution < 1.29 is 9.53 Å². The molecule has 1 fully saturated rings. The smallest absolute Gasteiger partial charge is 0.220 e. The van der Waals surface area contributed by atoms with Crippen molar-refractivity contribution in [3.8, 4) is 5.75 Å². The number of aryl methyl sites for hydroxylation is 2. The van der Waals surface area contributed by atoms with Crippen molar-refractivity contribution in [1.82, 2.24) is 10.2 Å². The summed E-state index contributed by atoms with van der Waals surface area (Å²) in [6, 6.07) is 4.34. The fraction of sp³-hybridized carbons (Fsp3) is 0.588. The zero-order chi connectivity index (χ0) is 15.4. The molecule has 0 bridgehead atoms. The van der Waals surface area contributed by atoms with Crippen LogP contribution in [0.5, 0.6) is 5.75 Å². The van der Waals surface area contributed by atoms with Crippen molar-refractivity contribution in [2.75, 3.05) is 27.2 Å². The van der Waals surface area contributed by atoms with Crippen LogP contribution >= 0.6 is 0 Å². The molecule has 4 nitrogen and oxygen atoms in total. The lowest BCUT2D eigenvalue weighted by molar-refractivity contribution is -0.121. The van der Waals surface area contributed by atoms with E-state index in [1.165, 1.54) is 16.7 Å². The third-order valence-corrected chi connectivity index (χ3v) is 4.37. The molecule has 1 atom stereocenters. The van der Waals surface area contributed by atoms with E-state index in [-0.39, 0.29) is 5.91 Å². The Hall–Kier alpha value is -1.55. The maximum Gasteiger partial charge on any atom is 0.220 e. The summed E-state index contributed by atoms with van der Waals surface area (Å²) in [4.78, 5) is 13.9. The van der Waals surface area contributed by atoms with Crippen LogP contribution in [0, 0.1) is 19.8 Å². The molecule has 0 saturated carbocycles. The molecule has 1 amide bonds. The number of nitrogens with one attached hydrogen (secondary N) is 1. The van der Waals surface area contributed by atoms with E-state index < -0.39 is 0 Å². The Morgan fingerprint density at radius 1 is 1.38 bits per heavy atom. The van der Waals surface area contributed by atoms with E-state index in [0.29, 0.717) is 12.3 Å². The van der Waals surface area contributed by atoms with Crippen LogP contribution in [0.1, 0.15) is 29.5 Å². The van der Waals surface area contributed by atoms with Gasteiger partial charge in [0.1, 0.15) is 5.75 Å². The van der Waals surface area contributed by atoms with E-state index in [1.54, 1.807) is 14.2 Å². The van der Waals surface area contributed by atoms with E-state index in [1.807, 2.05) is 0 Å². The van der Waals surface area contributed by atoms with Crippen molar-refractivity contribution in [3.05, 3.63) is 28.8 Å². The van der Waals surface area contributed by atoms with Crippen molar-refractivity contribution in [2.24, 2.45) is 5.92 Å². The fourth-order valence-corrected chi connectivity index (χ4v) is 3.07. The summed E-state index contributed by atoms with van der Waals surface area (Å²) in [7, 11) is 3.42. The van der Waals surface area contributed by atoms with Crippen LogP contribution in [0.25, 0.3) is 0 Å². The highest BCUT2D eigenvalue weighted by molar-refractivity contribution is 5.75. The Morgan fingerprint density at radius 3 is 2.81 bits per heavy atom. The van der Waals surface area contributed by atoms with Crippen molar-refractivity contribution in [2.45, 2.75) is 33.2 Å². The Balaban J connectivity index is 1.97. The number of methoxy groups -OCH3 is 1. The van der Waals surface area contributed by atoms with Gasteiger partial charge in [0.05, 0.1) is 7.11 Å². The monoisotopic (exact) mass is 290 g/mol. The van der Waals surface area contributed by atoms with E-state index in [0.717, 1.165) is 31.8 Å². The van der Waals surface area contributed by atoms with Gasteiger partial charge in [-0.15, -0.1) is 0 Å². The van der Waals surface area contributed by atoms with Crippen LogP contribution in [0.2, 0.25) is 0 Å². The first-order valence-corrected chi connectivity index (χ1v) is 7.60. The molecule has 0 unspecified atom stereocenters. The number of amides is 1. The Kier molecular flexibility index (Phi) is 5.23. The Labute approximate surface area is 127 Å². The molecule has 1 aliphatic heterocycles. The second-order valence-corrected chi connectivity index (χ2v) is 6.02. The van der Waals surface area contributed by atoms with Crippen LogP contribution in [-0.2, 0) is 11.3 Å². The van der Waals surface area contributed by atoms with Crippen molar-refractivity contribution in [3.63, 3.8) is 0 Å². The molecule has 0 spiro atoms. The maximum absolute atomic E-state index is 11.5. The van der Waals surface area contributed by atoms with Gasteiger partial charge in [-0.05, 0) is 55.5 Å². The number of nitrogens with zero attached hydrogens (tertiary/aromatic N) is 1. The van der Waals surface area contributed by atoms with Gasteiger partial charge in [-0.1, -0.05) is 6.07 Å². The van der Waals surface area contributed by atoms with Crippen LogP contribution in [0.4, 0.5) is 0 Å². The van der Waals surface area contributed by atoms with Gasteiger partial charge in [0.15, 0.2) is 0 Å². The van der Waals surface area contributed by atoms with E-state index in [4.69, 9.17) is 4.74 Å². The summed E-state index contributed by atoms with van der Waals surface area (Å²) >= 11 is 0. The SMILES string of the molecule is CNC(=O)C[C@@H]1CCN(Cc2cc(C)c(OC)cc2C)C1. The summed E-state index contributed by atoms with van der Waals surface area (Å²) in [5, 5.41) is 2.71. The number of carbonyl (C=O) groups excluding carboxylic acids is 1. The lowest BCUT2D eigenvalue weighted by Gasteiger charge is -2.19. The van der Waals surface area contributed by atoms with Crippen molar-refractivity contribution >= 4 is 5.91 Å². The van der Waals surface area contributed by atoms with Gasteiger partial charge in [0.25, 0.3) is 0 Å². The molecule has 1 aromatic carbocycles. The van der Waals surface area contributed by atoms with Gasteiger partial charge >= 0.3 is 0 Å². The third kappa shape index (κ3) is 3.97. The highest BCUT2D eigenvalue weighted by Crippen LogP contribution is 2.26. The summed E-state index contributed by atoms with van der Waals surface area (Å²) in [5.74, 6) is 1.60.